The number of unbranched alkanes of at least 4 members (excludes halogenated alkanes) is 27. The van der Waals surface area contributed by atoms with Crippen molar-refractivity contribution >= 4 is 17.9 Å². The molecule has 0 rings (SSSR count). The molecule has 0 aromatic carbocycles. The third kappa shape index (κ3) is 55.4. The largest absolute Gasteiger partial charge is 0.462 e. The lowest BCUT2D eigenvalue weighted by Crippen LogP contribution is -2.30. The molecule has 69 heavy (non-hydrogen) atoms. The van der Waals surface area contributed by atoms with Crippen LogP contribution in [-0.2, 0) is 28.6 Å². The Morgan fingerprint density at radius 1 is 0.304 bits per heavy atom. The van der Waals surface area contributed by atoms with E-state index in [0.717, 1.165) is 89.9 Å². The van der Waals surface area contributed by atoms with Crippen LogP contribution in [0.4, 0.5) is 0 Å². The van der Waals surface area contributed by atoms with Crippen molar-refractivity contribution in [3.63, 3.8) is 0 Å². The molecule has 0 aliphatic carbocycles. The number of ether oxygens (including phenoxy) is 3. The molecule has 0 saturated carbocycles. The molecule has 0 radical (unpaired) electrons. The topological polar surface area (TPSA) is 78.9 Å². The Morgan fingerprint density at radius 2 is 0.565 bits per heavy atom. The molecule has 0 bridgehead atoms. The van der Waals surface area contributed by atoms with Gasteiger partial charge in [0.2, 0.25) is 0 Å². The quantitative estimate of drug-likeness (QED) is 0.0262. The van der Waals surface area contributed by atoms with Gasteiger partial charge in [0, 0.05) is 19.3 Å². The summed E-state index contributed by atoms with van der Waals surface area (Å²) in [6, 6.07) is 0. The van der Waals surface area contributed by atoms with Crippen LogP contribution in [0, 0.1) is 0 Å². The van der Waals surface area contributed by atoms with Gasteiger partial charge in [-0.25, -0.2) is 0 Å². The zero-order valence-electron chi connectivity index (χ0n) is 45.3. The highest BCUT2D eigenvalue weighted by Crippen LogP contribution is 2.15. The molecule has 0 N–H and O–H groups in total. The van der Waals surface area contributed by atoms with Gasteiger partial charge in [-0.1, -0.05) is 228 Å². The van der Waals surface area contributed by atoms with Crippen LogP contribution in [0.15, 0.2) is 85.1 Å². The Bertz CT molecular complexity index is 1330. The average molecular weight is 962 g/mol. The van der Waals surface area contributed by atoms with Crippen molar-refractivity contribution in [3.8, 4) is 0 Å². The molecule has 0 spiro atoms. The first-order valence-corrected chi connectivity index (χ1v) is 29.1. The minimum absolute atomic E-state index is 0.0979. The van der Waals surface area contributed by atoms with Gasteiger partial charge in [0.1, 0.15) is 13.2 Å². The van der Waals surface area contributed by atoms with Gasteiger partial charge >= 0.3 is 17.9 Å². The van der Waals surface area contributed by atoms with Crippen molar-refractivity contribution < 1.29 is 28.6 Å². The summed E-state index contributed by atoms with van der Waals surface area (Å²) in [4.78, 5) is 38.1. The van der Waals surface area contributed by atoms with E-state index in [0.29, 0.717) is 19.3 Å². The molecule has 1 unspecified atom stereocenters. The number of hydrogen-bond donors (Lipinski definition) is 0. The molecule has 0 saturated heterocycles. The summed E-state index contributed by atoms with van der Waals surface area (Å²) in [5.74, 6) is -0.947. The summed E-state index contributed by atoms with van der Waals surface area (Å²) in [5, 5.41) is 0. The fraction of sp³-hybridized carbons (Fsp3) is 0.730. The van der Waals surface area contributed by atoms with Crippen LogP contribution in [0.3, 0.4) is 0 Å². The smallest absolute Gasteiger partial charge is 0.306 e. The van der Waals surface area contributed by atoms with Gasteiger partial charge in [-0.2, -0.15) is 0 Å². The molecule has 396 valence electrons. The molecule has 0 aromatic heterocycles. The van der Waals surface area contributed by atoms with Gasteiger partial charge in [0.05, 0.1) is 0 Å². The molecule has 0 heterocycles. The zero-order valence-corrected chi connectivity index (χ0v) is 45.3. The second-order valence-corrected chi connectivity index (χ2v) is 19.2. The van der Waals surface area contributed by atoms with E-state index in [1.54, 1.807) is 0 Å². The molecule has 0 aliphatic heterocycles. The monoisotopic (exact) mass is 961 g/mol. The Kier molecular flexibility index (Phi) is 54.3. The first kappa shape index (κ1) is 65.6. The molecule has 6 heteroatoms. The standard InChI is InChI=1S/C63H108O6/c1-4-7-10-13-16-19-22-25-28-29-30-31-32-33-36-38-41-44-47-50-53-56-62(65)68-59-60(69-63(66)57-54-51-48-45-42-39-35-27-24-21-18-15-12-9-6-3)58-67-61(64)55-52-49-46-43-40-37-34-26-23-20-17-14-11-8-5-2/h9,12,18,21-22,25-27,29-30,34-35,42,45,60H,4-8,10-11,13-17,19-20,23-24,28,31-33,36-41,43-44,46-59H2,1-3H3/b12-9-,21-18-,25-22-,30-29-,34-26-,35-27-,45-42-. The van der Waals surface area contributed by atoms with Gasteiger partial charge in [-0.05, 0) is 116 Å². The van der Waals surface area contributed by atoms with Crippen molar-refractivity contribution in [2.45, 2.75) is 284 Å². The number of esters is 3. The molecule has 1 atom stereocenters. The summed E-state index contributed by atoms with van der Waals surface area (Å²) < 4.78 is 16.8. The Hall–Kier alpha value is -3.41. The lowest BCUT2D eigenvalue weighted by Gasteiger charge is -2.18. The average Bonchev–Trinajstić information content (AvgIpc) is 3.35. The lowest BCUT2D eigenvalue weighted by molar-refractivity contribution is -0.167. The van der Waals surface area contributed by atoms with Crippen LogP contribution >= 0.6 is 0 Å². The van der Waals surface area contributed by atoms with Gasteiger partial charge in [0.25, 0.3) is 0 Å². The van der Waals surface area contributed by atoms with Gasteiger partial charge in [-0.15, -0.1) is 0 Å². The van der Waals surface area contributed by atoms with Crippen LogP contribution in [0.25, 0.3) is 0 Å². The van der Waals surface area contributed by atoms with E-state index in [1.165, 1.54) is 141 Å². The van der Waals surface area contributed by atoms with Crippen LogP contribution in [0.5, 0.6) is 0 Å². The van der Waals surface area contributed by atoms with Crippen LogP contribution < -0.4 is 0 Å². The molecular weight excluding hydrogens is 853 g/mol. The number of allylic oxidation sites excluding steroid dienone is 14. The third-order valence-electron chi connectivity index (χ3n) is 12.4. The Balaban J connectivity index is 4.42. The van der Waals surface area contributed by atoms with E-state index in [-0.39, 0.29) is 37.5 Å². The lowest BCUT2D eigenvalue weighted by atomic mass is 10.1. The number of rotatable bonds is 52. The maximum Gasteiger partial charge on any atom is 0.306 e. The van der Waals surface area contributed by atoms with E-state index >= 15 is 0 Å². The number of hydrogen-bond acceptors (Lipinski definition) is 6. The van der Waals surface area contributed by atoms with Crippen LogP contribution in [0.1, 0.15) is 278 Å². The minimum Gasteiger partial charge on any atom is -0.462 e. The highest BCUT2D eigenvalue weighted by Gasteiger charge is 2.19. The minimum atomic E-state index is -0.804. The second-order valence-electron chi connectivity index (χ2n) is 19.2. The molecule has 6 nitrogen and oxygen atoms in total. The van der Waals surface area contributed by atoms with Crippen molar-refractivity contribution in [3.05, 3.63) is 85.1 Å². The summed E-state index contributed by atoms with van der Waals surface area (Å²) >= 11 is 0. The normalized spacial score (nSPS) is 12.7. The van der Waals surface area contributed by atoms with Crippen LogP contribution in [0.2, 0.25) is 0 Å². The van der Waals surface area contributed by atoms with Crippen LogP contribution in [-0.4, -0.2) is 37.2 Å². The second kappa shape index (κ2) is 57.2. The predicted molar refractivity (Wildman–Crippen MR) is 297 cm³/mol. The summed E-state index contributed by atoms with van der Waals surface area (Å²) in [6.45, 7) is 6.48. The van der Waals surface area contributed by atoms with E-state index in [1.807, 2.05) is 0 Å². The predicted octanol–water partition coefficient (Wildman–Crippen LogP) is 19.5. The number of carbonyl (C=O) groups is 3. The maximum absolute atomic E-state index is 12.8. The molecular formula is C63H108O6. The summed E-state index contributed by atoms with van der Waals surface area (Å²) in [7, 11) is 0. The van der Waals surface area contributed by atoms with E-state index in [4.69, 9.17) is 14.2 Å². The fourth-order valence-corrected chi connectivity index (χ4v) is 7.99. The van der Waals surface area contributed by atoms with Gasteiger partial charge in [0.15, 0.2) is 6.10 Å². The summed E-state index contributed by atoms with van der Waals surface area (Å²) in [6.07, 6.45) is 74.3. The number of carbonyl (C=O) groups excluding carboxylic acids is 3. The molecule has 0 aromatic rings. The first-order valence-electron chi connectivity index (χ1n) is 29.1. The van der Waals surface area contributed by atoms with Gasteiger partial charge < -0.3 is 14.2 Å². The Morgan fingerprint density at radius 3 is 0.928 bits per heavy atom. The zero-order chi connectivity index (χ0) is 50.0. The SMILES string of the molecule is CC/C=C\C/C=C\C/C=C\C/C=C\CCCCC(=O)OC(COC(=O)CCCCCCC/C=C\CCCCCCCC)COC(=O)CCCCCCCCCCC/C=C\C/C=C\CCCCCCC. The van der Waals surface area contributed by atoms with Crippen molar-refractivity contribution in [1.82, 2.24) is 0 Å². The van der Waals surface area contributed by atoms with E-state index in [9.17, 15) is 14.4 Å². The van der Waals surface area contributed by atoms with E-state index in [2.05, 4.69) is 106 Å². The van der Waals surface area contributed by atoms with Crippen molar-refractivity contribution in [2.75, 3.05) is 13.2 Å². The highest BCUT2D eigenvalue weighted by molar-refractivity contribution is 5.71. The molecule has 0 aliphatic rings. The summed E-state index contributed by atoms with van der Waals surface area (Å²) in [5.41, 5.74) is 0. The third-order valence-corrected chi connectivity index (χ3v) is 12.4. The van der Waals surface area contributed by atoms with E-state index < -0.39 is 6.10 Å². The highest BCUT2D eigenvalue weighted by atomic mass is 16.6. The molecule has 0 amide bonds. The first-order chi connectivity index (χ1) is 34.0. The molecule has 0 fully saturated rings. The van der Waals surface area contributed by atoms with Crippen molar-refractivity contribution in [1.29, 1.82) is 0 Å². The Labute approximate surface area is 426 Å². The maximum atomic E-state index is 12.8. The van der Waals surface area contributed by atoms with Crippen molar-refractivity contribution in [2.24, 2.45) is 0 Å². The fourth-order valence-electron chi connectivity index (χ4n) is 7.99. The van der Waals surface area contributed by atoms with Gasteiger partial charge in [-0.3, -0.25) is 14.4 Å².